The van der Waals surface area contributed by atoms with Crippen LogP contribution in [-0.2, 0) is 6.54 Å². The largest absolute Gasteiger partial charge is 0.311 e. The summed E-state index contributed by atoms with van der Waals surface area (Å²) in [6.45, 7) is 9.99. The number of rotatable bonds is 4. The quantitative estimate of drug-likeness (QED) is 0.909. The maximum atomic E-state index is 6.45. The van der Waals surface area contributed by atoms with Crippen molar-refractivity contribution >= 4 is 11.6 Å². The van der Waals surface area contributed by atoms with Gasteiger partial charge >= 0.3 is 0 Å². The van der Waals surface area contributed by atoms with Crippen LogP contribution in [-0.4, -0.2) is 30.1 Å². The molecule has 0 radical (unpaired) electrons. The molecule has 1 aliphatic carbocycles. The number of halogens is 1. The van der Waals surface area contributed by atoms with Crippen LogP contribution in [0.15, 0.2) is 18.2 Å². The van der Waals surface area contributed by atoms with Crippen LogP contribution in [0.4, 0.5) is 0 Å². The minimum Gasteiger partial charge on any atom is -0.311 e. The molecule has 0 amide bonds. The van der Waals surface area contributed by atoms with E-state index in [0.29, 0.717) is 18.0 Å². The molecule has 1 heterocycles. The van der Waals surface area contributed by atoms with E-state index in [4.69, 9.17) is 11.6 Å². The van der Waals surface area contributed by atoms with Gasteiger partial charge in [0.1, 0.15) is 0 Å². The maximum absolute atomic E-state index is 6.45. The van der Waals surface area contributed by atoms with Gasteiger partial charge in [-0.25, -0.2) is 0 Å². The fraction of sp³-hybridized carbons (Fsp3) is 0.667. The van der Waals surface area contributed by atoms with Crippen molar-refractivity contribution in [2.75, 3.05) is 13.1 Å². The standard InChI is InChI=1S/C18H27ClN2/c1-12(2)17-11-21(18(9-20-17)14-6-7-14)10-15-5-4-13(3)8-16(15)19/h4-5,8,12,14,17-18,20H,6-7,9-11H2,1-3H3. The van der Waals surface area contributed by atoms with Gasteiger partial charge in [0.05, 0.1) is 0 Å². The van der Waals surface area contributed by atoms with Gasteiger partial charge in [-0.3, -0.25) is 4.90 Å². The number of nitrogens with one attached hydrogen (secondary N) is 1. The summed E-state index contributed by atoms with van der Waals surface area (Å²) < 4.78 is 0. The molecule has 2 aliphatic rings. The van der Waals surface area contributed by atoms with Crippen LogP contribution >= 0.6 is 11.6 Å². The van der Waals surface area contributed by atoms with Crippen molar-refractivity contribution in [3.05, 3.63) is 34.3 Å². The Hall–Kier alpha value is -0.570. The van der Waals surface area contributed by atoms with E-state index in [2.05, 4.69) is 49.2 Å². The second kappa shape index (κ2) is 6.28. The second-order valence-electron chi connectivity index (χ2n) is 7.19. The summed E-state index contributed by atoms with van der Waals surface area (Å²) in [5.41, 5.74) is 2.51. The number of nitrogens with zero attached hydrogens (tertiary/aromatic N) is 1. The summed E-state index contributed by atoms with van der Waals surface area (Å²) in [5.74, 6) is 1.58. The molecule has 2 nitrogen and oxygen atoms in total. The maximum Gasteiger partial charge on any atom is 0.0453 e. The molecule has 2 fully saturated rings. The third kappa shape index (κ3) is 3.61. The van der Waals surface area contributed by atoms with Crippen molar-refractivity contribution in [1.82, 2.24) is 10.2 Å². The lowest BCUT2D eigenvalue weighted by Gasteiger charge is -2.42. The van der Waals surface area contributed by atoms with Crippen LogP contribution in [0.5, 0.6) is 0 Å². The third-order valence-electron chi connectivity index (χ3n) is 5.04. The van der Waals surface area contributed by atoms with Crippen molar-refractivity contribution in [2.45, 2.75) is 52.2 Å². The summed E-state index contributed by atoms with van der Waals surface area (Å²) in [7, 11) is 0. The highest BCUT2D eigenvalue weighted by atomic mass is 35.5. The minimum atomic E-state index is 0.601. The van der Waals surface area contributed by atoms with Gasteiger partial charge in [0.15, 0.2) is 0 Å². The number of aryl methyl sites for hydroxylation is 1. The first-order chi connectivity index (χ1) is 10.0. The average Bonchev–Trinajstić information content (AvgIpc) is 3.26. The molecule has 3 rings (SSSR count). The highest BCUT2D eigenvalue weighted by Crippen LogP contribution is 2.37. The number of piperazine rings is 1. The number of hydrogen-bond acceptors (Lipinski definition) is 2. The first kappa shape index (κ1) is 15.3. The average molecular weight is 307 g/mol. The Morgan fingerprint density at radius 2 is 2.10 bits per heavy atom. The van der Waals surface area contributed by atoms with Crippen molar-refractivity contribution in [2.24, 2.45) is 11.8 Å². The van der Waals surface area contributed by atoms with Gasteiger partial charge in [-0.15, -0.1) is 0 Å². The molecule has 116 valence electrons. The van der Waals surface area contributed by atoms with Crippen molar-refractivity contribution in [1.29, 1.82) is 0 Å². The van der Waals surface area contributed by atoms with Gasteiger partial charge in [0.25, 0.3) is 0 Å². The van der Waals surface area contributed by atoms with E-state index < -0.39 is 0 Å². The molecule has 1 aromatic carbocycles. The molecule has 1 saturated heterocycles. The fourth-order valence-corrected chi connectivity index (χ4v) is 3.72. The van der Waals surface area contributed by atoms with E-state index >= 15 is 0 Å². The molecule has 2 unspecified atom stereocenters. The van der Waals surface area contributed by atoms with Crippen LogP contribution in [0.1, 0.15) is 37.8 Å². The van der Waals surface area contributed by atoms with Crippen molar-refractivity contribution < 1.29 is 0 Å². The van der Waals surface area contributed by atoms with E-state index in [1.54, 1.807) is 0 Å². The Morgan fingerprint density at radius 1 is 1.33 bits per heavy atom. The second-order valence-corrected chi connectivity index (χ2v) is 7.60. The zero-order valence-corrected chi connectivity index (χ0v) is 14.2. The smallest absolute Gasteiger partial charge is 0.0453 e. The first-order valence-electron chi connectivity index (χ1n) is 8.27. The lowest BCUT2D eigenvalue weighted by Crippen LogP contribution is -2.58. The van der Waals surface area contributed by atoms with Crippen molar-refractivity contribution in [3.8, 4) is 0 Å². The Balaban J connectivity index is 1.75. The van der Waals surface area contributed by atoms with E-state index in [9.17, 15) is 0 Å². The predicted octanol–water partition coefficient (Wildman–Crippen LogP) is 3.86. The van der Waals surface area contributed by atoms with Crippen molar-refractivity contribution in [3.63, 3.8) is 0 Å². The highest BCUT2D eigenvalue weighted by molar-refractivity contribution is 6.31. The molecule has 3 heteroatoms. The summed E-state index contributed by atoms with van der Waals surface area (Å²) in [4.78, 5) is 2.68. The van der Waals surface area contributed by atoms with Crippen LogP contribution in [0.3, 0.4) is 0 Å². The van der Waals surface area contributed by atoms with Gasteiger partial charge in [-0.05, 0) is 48.8 Å². The molecule has 2 atom stereocenters. The Kier molecular flexibility index (Phi) is 4.58. The molecular weight excluding hydrogens is 280 g/mol. The molecule has 0 aromatic heterocycles. The van der Waals surface area contributed by atoms with E-state index in [1.165, 1.54) is 24.0 Å². The molecule has 21 heavy (non-hydrogen) atoms. The molecular formula is C18H27ClN2. The summed E-state index contributed by atoms with van der Waals surface area (Å²) in [6, 6.07) is 7.76. The van der Waals surface area contributed by atoms with E-state index in [-0.39, 0.29) is 0 Å². The zero-order chi connectivity index (χ0) is 15.0. The first-order valence-corrected chi connectivity index (χ1v) is 8.65. The fourth-order valence-electron chi connectivity index (χ4n) is 3.43. The lowest BCUT2D eigenvalue weighted by molar-refractivity contribution is 0.0927. The zero-order valence-electron chi connectivity index (χ0n) is 13.4. The Bertz CT molecular complexity index is 496. The minimum absolute atomic E-state index is 0.601. The molecule has 1 N–H and O–H groups in total. The molecule has 1 saturated carbocycles. The van der Waals surface area contributed by atoms with E-state index in [1.807, 2.05) is 0 Å². The SMILES string of the molecule is Cc1ccc(CN2CC(C(C)C)NCC2C2CC2)c(Cl)c1. The summed E-state index contributed by atoms with van der Waals surface area (Å²) in [6.07, 6.45) is 2.80. The third-order valence-corrected chi connectivity index (χ3v) is 5.39. The summed E-state index contributed by atoms with van der Waals surface area (Å²) >= 11 is 6.45. The highest BCUT2D eigenvalue weighted by Gasteiger charge is 2.39. The number of hydrogen-bond donors (Lipinski definition) is 1. The van der Waals surface area contributed by atoms with Gasteiger partial charge < -0.3 is 5.32 Å². The topological polar surface area (TPSA) is 15.3 Å². The Morgan fingerprint density at radius 3 is 2.71 bits per heavy atom. The summed E-state index contributed by atoms with van der Waals surface area (Å²) in [5, 5.41) is 4.68. The number of benzene rings is 1. The van der Waals surface area contributed by atoms with Gasteiger partial charge in [-0.1, -0.05) is 37.6 Å². The molecule has 0 bridgehead atoms. The van der Waals surface area contributed by atoms with E-state index in [0.717, 1.165) is 30.6 Å². The van der Waals surface area contributed by atoms with Crippen LogP contribution in [0.25, 0.3) is 0 Å². The van der Waals surface area contributed by atoms with Gasteiger partial charge in [-0.2, -0.15) is 0 Å². The lowest BCUT2D eigenvalue weighted by atomic mass is 9.97. The van der Waals surface area contributed by atoms with Crippen LogP contribution in [0.2, 0.25) is 5.02 Å². The normalized spacial score (nSPS) is 27.3. The van der Waals surface area contributed by atoms with Gasteiger partial charge in [0.2, 0.25) is 0 Å². The Labute approximate surface area is 133 Å². The molecule has 0 spiro atoms. The molecule has 1 aromatic rings. The molecule has 1 aliphatic heterocycles. The van der Waals surface area contributed by atoms with Gasteiger partial charge in [0, 0.05) is 36.7 Å². The van der Waals surface area contributed by atoms with Crippen LogP contribution in [0, 0.1) is 18.8 Å². The monoisotopic (exact) mass is 306 g/mol. The predicted molar refractivity (Wildman–Crippen MR) is 89.7 cm³/mol. The van der Waals surface area contributed by atoms with Crippen LogP contribution < -0.4 is 5.32 Å².